The molecular formula is C20H23BrN2O4. The number of rotatable bonds is 9. The van der Waals surface area contributed by atoms with Gasteiger partial charge in [0, 0.05) is 25.8 Å². The summed E-state index contributed by atoms with van der Waals surface area (Å²) in [6.45, 7) is 1.32. The van der Waals surface area contributed by atoms with Gasteiger partial charge in [-0.3, -0.25) is 4.79 Å². The van der Waals surface area contributed by atoms with Gasteiger partial charge >= 0.3 is 5.97 Å². The van der Waals surface area contributed by atoms with Gasteiger partial charge in [0.05, 0.1) is 17.1 Å². The van der Waals surface area contributed by atoms with E-state index in [9.17, 15) is 9.59 Å². The molecule has 2 aromatic rings. The van der Waals surface area contributed by atoms with Crippen molar-refractivity contribution >= 4 is 33.5 Å². The Labute approximate surface area is 167 Å². The second-order valence-electron chi connectivity index (χ2n) is 5.89. The molecule has 2 aromatic carbocycles. The van der Waals surface area contributed by atoms with Crippen LogP contribution >= 0.6 is 15.9 Å². The van der Waals surface area contributed by atoms with Gasteiger partial charge in [0.2, 0.25) is 0 Å². The van der Waals surface area contributed by atoms with Crippen LogP contribution in [0.4, 0.5) is 5.69 Å². The highest BCUT2D eigenvalue weighted by molar-refractivity contribution is 9.10. The average molecular weight is 435 g/mol. The van der Waals surface area contributed by atoms with Crippen LogP contribution in [0.2, 0.25) is 0 Å². The molecule has 0 unspecified atom stereocenters. The molecule has 0 bridgehead atoms. The fraction of sp³-hybridized carbons (Fsp3) is 0.300. The first-order valence-electron chi connectivity index (χ1n) is 8.55. The van der Waals surface area contributed by atoms with Gasteiger partial charge in [0.25, 0.3) is 5.91 Å². The van der Waals surface area contributed by atoms with E-state index in [0.717, 1.165) is 18.7 Å². The number of ether oxygens (including phenoxy) is 2. The van der Waals surface area contributed by atoms with Crippen molar-refractivity contribution in [1.29, 1.82) is 0 Å². The van der Waals surface area contributed by atoms with E-state index >= 15 is 0 Å². The van der Waals surface area contributed by atoms with Gasteiger partial charge in [-0.2, -0.15) is 0 Å². The first kappa shape index (κ1) is 20.8. The zero-order chi connectivity index (χ0) is 19.6. The van der Waals surface area contributed by atoms with Crippen LogP contribution in [0.5, 0.6) is 5.75 Å². The Hall–Kier alpha value is -2.54. The highest BCUT2D eigenvalue weighted by atomic mass is 79.9. The number of hydrogen-bond acceptors (Lipinski definition) is 5. The molecule has 0 fully saturated rings. The summed E-state index contributed by atoms with van der Waals surface area (Å²) >= 11 is 3.33. The summed E-state index contributed by atoms with van der Waals surface area (Å²) in [7, 11) is 3.35. The van der Waals surface area contributed by atoms with Crippen molar-refractivity contribution in [2.75, 3.05) is 38.8 Å². The Morgan fingerprint density at radius 3 is 2.56 bits per heavy atom. The molecule has 27 heavy (non-hydrogen) atoms. The Morgan fingerprint density at radius 2 is 1.89 bits per heavy atom. The Kier molecular flexibility index (Phi) is 8.13. The monoisotopic (exact) mass is 434 g/mol. The number of nitrogens with one attached hydrogen (secondary N) is 1. The summed E-state index contributed by atoms with van der Waals surface area (Å²) in [5, 5.41) is 2.84. The van der Waals surface area contributed by atoms with Crippen molar-refractivity contribution in [1.82, 2.24) is 5.32 Å². The molecule has 0 aliphatic heterocycles. The summed E-state index contributed by atoms with van der Waals surface area (Å²) in [5.41, 5.74) is 1.55. The number of carbonyl (C=O) groups is 2. The summed E-state index contributed by atoms with van der Waals surface area (Å²) in [6.07, 6.45) is 0.828. The lowest BCUT2D eigenvalue weighted by atomic mass is 10.2. The van der Waals surface area contributed by atoms with Crippen LogP contribution in [-0.4, -0.2) is 45.7 Å². The normalized spacial score (nSPS) is 10.2. The van der Waals surface area contributed by atoms with Crippen LogP contribution in [0, 0.1) is 0 Å². The third-order valence-electron chi connectivity index (χ3n) is 3.90. The van der Waals surface area contributed by atoms with E-state index in [1.165, 1.54) is 7.11 Å². The van der Waals surface area contributed by atoms with Crippen molar-refractivity contribution in [2.45, 2.75) is 6.42 Å². The molecule has 0 aromatic heterocycles. The number of para-hydroxylation sites is 1. The maximum atomic E-state index is 11.9. The van der Waals surface area contributed by atoms with Gasteiger partial charge in [-0.1, -0.05) is 18.2 Å². The Bertz CT molecular complexity index is 768. The zero-order valence-corrected chi connectivity index (χ0v) is 17.0. The van der Waals surface area contributed by atoms with E-state index in [1.807, 2.05) is 25.2 Å². The second-order valence-corrected chi connectivity index (χ2v) is 6.74. The molecule has 0 spiro atoms. The fourth-order valence-electron chi connectivity index (χ4n) is 2.41. The number of halogens is 1. The standard InChI is InChI=1S/C20H23BrN2O4/c1-23(16-7-4-3-5-8-16)12-6-11-22-19(24)14-27-18-10-9-15(13-17(18)21)20(25)26-2/h3-5,7-10,13H,6,11-12,14H2,1-2H3,(H,22,24). The maximum absolute atomic E-state index is 11.9. The van der Waals surface area contributed by atoms with Crippen LogP contribution in [0.25, 0.3) is 0 Å². The Morgan fingerprint density at radius 1 is 1.15 bits per heavy atom. The fourth-order valence-corrected chi connectivity index (χ4v) is 2.91. The number of methoxy groups -OCH3 is 1. The molecule has 1 amide bonds. The summed E-state index contributed by atoms with van der Waals surface area (Å²) in [6, 6.07) is 14.9. The highest BCUT2D eigenvalue weighted by Crippen LogP contribution is 2.26. The first-order valence-corrected chi connectivity index (χ1v) is 9.34. The molecule has 144 valence electrons. The lowest BCUT2D eigenvalue weighted by Gasteiger charge is -2.19. The van der Waals surface area contributed by atoms with Crippen molar-refractivity contribution in [3.05, 3.63) is 58.6 Å². The van der Waals surface area contributed by atoms with E-state index in [1.54, 1.807) is 18.2 Å². The van der Waals surface area contributed by atoms with Gasteiger partial charge < -0.3 is 19.7 Å². The molecule has 7 heteroatoms. The van der Waals surface area contributed by atoms with Crippen molar-refractivity contribution < 1.29 is 19.1 Å². The number of benzene rings is 2. The highest BCUT2D eigenvalue weighted by Gasteiger charge is 2.10. The summed E-state index contributed by atoms with van der Waals surface area (Å²) in [4.78, 5) is 25.5. The minimum atomic E-state index is -0.430. The predicted molar refractivity (Wildman–Crippen MR) is 108 cm³/mol. The van der Waals surface area contributed by atoms with Gasteiger partial charge in [-0.15, -0.1) is 0 Å². The van der Waals surface area contributed by atoms with E-state index in [0.29, 0.717) is 22.3 Å². The minimum Gasteiger partial charge on any atom is -0.483 e. The van der Waals surface area contributed by atoms with Crippen molar-refractivity contribution in [3.63, 3.8) is 0 Å². The number of esters is 1. The number of hydrogen-bond donors (Lipinski definition) is 1. The lowest BCUT2D eigenvalue weighted by molar-refractivity contribution is -0.123. The van der Waals surface area contributed by atoms with Gasteiger partial charge in [0.15, 0.2) is 6.61 Å². The second kappa shape index (κ2) is 10.6. The average Bonchev–Trinajstić information content (AvgIpc) is 2.70. The molecule has 0 aliphatic carbocycles. The molecule has 0 radical (unpaired) electrons. The van der Waals surface area contributed by atoms with Crippen LogP contribution < -0.4 is 15.0 Å². The minimum absolute atomic E-state index is 0.0926. The van der Waals surface area contributed by atoms with Crippen LogP contribution in [0.3, 0.4) is 0 Å². The van der Waals surface area contributed by atoms with Crippen molar-refractivity contribution in [2.24, 2.45) is 0 Å². The SMILES string of the molecule is COC(=O)c1ccc(OCC(=O)NCCCN(C)c2ccccc2)c(Br)c1. The van der Waals surface area contributed by atoms with Crippen LogP contribution in [-0.2, 0) is 9.53 Å². The summed E-state index contributed by atoms with van der Waals surface area (Å²) < 4.78 is 10.7. The lowest BCUT2D eigenvalue weighted by Crippen LogP contribution is -2.31. The van der Waals surface area contributed by atoms with Crippen molar-refractivity contribution in [3.8, 4) is 5.75 Å². The Balaban J connectivity index is 1.70. The van der Waals surface area contributed by atoms with E-state index in [-0.39, 0.29) is 12.5 Å². The molecule has 2 rings (SSSR count). The molecule has 0 heterocycles. The van der Waals surface area contributed by atoms with Crippen LogP contribution in [0.15, 0.2) is 53.0 Å². The molecule has 6 nitrogen and oxygen atoms in total. The predicted octanol–water partition coefficient (Wildman–Crippen LogP) is 3.26. The van der Waals surface area contributed by atoms with Crippen LogP contribution in [0.1, 0.15) is 16.8 Å². The van der Waals surface area contributed by atoms with E-state index in [4.69, 9.17) is 4.74 Å². The zero-order valence-electron chi connectivity index (χ0n) is 15.4. The van der Waals surface area contributed by atoms with Gasteiger partial charge in [-0.05, 0) is 52.7 Å². The quantitative estimate of drug-likeness (QED) is 0.484. The topological polar surface area (TPSA) is 67.9 Å². The van der Waals surface area contributed by atoms with Gasteiger partial charge in [-0.25, -0.2) is 4.79 Å². The summed E-state index contributed by atoms with van der Waals surface area (Å²) in [5.74, 6) is -0.136. The number of carbonyl (C=O) groups excluding carboxylic acids is 2. The molecule has 0 saturated heterocycles. The third kappa shape index (κ3) is 6.60. The number of nitrogens with zero attached hydrogens (tertiary/aromatic N) is 1. The van der Waals surface area contributed by atoms with Gasteiger partial charge in [0.1, 0.15) is 5.75 Å². The van der Waals surface area contributed by atoms with E-state index in [2.05, 4.69) is 43.0 Å². The molecule has 1 N–H and O–H groups in total. The maximum Gasteiger partial charge on any atom is 0.337 e. The third-order valence-corrected chi connectivity index (χ3v) is 4.52. The molecule has 0 aliphatic rings. The molecular weight excluding hydrogens is 412 g/mol. The smallest absolute Gasteiger partial charge is 0.337 e. The first-order chi connectivity index (χ1) is 13.0. The number of anilines is 1. The number of amides is 1. The van der Waals surface area contributed by atoms with E-state index < -0.39 is 5.97 Å². The molecule has 0 saturated carbocycles. The molecule has 0 atom stereocenters. The largest absolute Gasteiger partial charge is 0.483 e.